The second kappa shape index (κ2) is 7.61. The minimum atomic E-state index is -0.468. The molecule has 0 fully saturated rings. The predicted octanol–water partition coefficient (Wildman–Crippen LogP) is 3.35. The van der Waals surface area contributed by atoms with Crippen LogP contribution < -0.4 is 5.32 Å². The molecule has 108 valence electrons. The third kappa shape index (κ3) is 3.78. The second-order valence-electron chi connectivity index (χ2n) is 4.90. The second-order valence-corrected chi connectivity index (χ2v) is 4.90. The highest BCUT2D eigenvalue weighted by Gasteiger charge is 2.21. The lowest BCUT2D eigenvalue weighted by molar-refractivity contribution is -0.384. The fraction of sp³-hybridized carbons (Fsp3) is 0.533. The molecule has 1 aromatic rings. The molecule has 0 aliphatic rings. The van der Waals surface area contributed by atoms with Gasteiger partial charge in [-0.2, -0.15) is 5.26 Å². The van der Waals surface area contributed by atoms with E-state index in [0.29, 0.717) is 5.56 Å². The number of nitro groups is 1. The smallest absolute Gasteiger partial charge is 0.270 e. The summed E-state index contributed by atoms with van der Waals surface area (Å²) in [7, 11) is 0. The zero-order valence-electron chi connectivity index (χ0n) is 12.2. The van der Waals surface area contributed by atoms with Crippen LogP contribution in [0.3, 0.4) is 0 Å². The van der Waals surface area contributed by atoms with Crippen molar-refractivity contribution in [3.63, 3.8) is 0 Å². The van der Waals surface area contributed by atoms with Crippen LogP contribution in [0.4, 0.5) is 5.69 Å². The molecule has 5 heteroatoms. The van der Waals surface area contributed by atoms with Crippen molar-refractivity contribution in [2.75, 3.05) is 6.54 Å². The summed E-state index contributed by atoms with van der Waals surface area (Å²) in [4.78, 5) is 10.3. The van der Waals surface area contributed by atoms with Crippen LogP contribution in [-0.2, 0) is 0 Å². The van der Waals surface area contributed by atoms with Crippen molar-refractivity contribution in [3.8, 4) is 6.07 Å². The number of benzene rings is 1. The van der Waals surface area contributed by atoms with Gasteiger partial charge in [-0.05, 0) is 31.9 Å². The van der Waals surface area contributed by atoms with Crippen LogP contribution in [0, 0.1) is 21.4 Å². The Morgan fingerprint density at radius 3 is 2.65 bits per heavy atom. The normalized spacial score (nSPS) is 13.5. The van der Waals surface area contributed by atoms with Gasteiger partial charge in [0, 0.05) is 24.1 Å². The molecule has 0 bridgehead atoms. The van der Waals surface area contributed by atoms with Gasteiger partial charge in [0.2, 0.25) is 0 Å². The third-order valence-electron chi connectivity index (χ3n) is 3.53. The lowest BCUT2D eigenvalue weighted by Crippen LogP contribution is -2.32. The van der Waals surface area contributed by atoms with E-state index < -0.39 is 4.92 Å². The largest absolute Gasteiger partial charge is 0.314 e. The molecule has 0 radical (unpaired) electrons. The Hall–Kier alpha value is -1.93. The Kier molecular flexibility index (Phi) is 6.13. The topological polar surface area (TPSA) is 79.0 Å². The molecule has 0 amide bonds. The van der Waals surface area contributed by atoms with Crippen molar-refractivity contribution in [1.82, 2.24) is 5.32 Å². The Labute approximate surface area is 119 Å². The van der Waals surface area contributed by atoms with Gasteiger partial charge in [0.05, 0.1) is 16.6 Å². The molecule has 0 saturated carbocycles. The van der Waals surface area contributed by atoms with Gasteiger partial charge in [-0.15, -0.1) is 0 Å². The van der Waals surface area contributed by atoms with Crippen LogP contribution in [0.25, 0.3) is 0 Å². The molecule has 5 nitrogen and oxygen atoms in total. The van der Waals surface area contributed by atoms with E-state index in [9.17, 15) is 15.4 Å². The van der Waals surface area contributed by atoms with Crippen molar-refractivity contribution in [3.05, 3.63) is 39.4 Å². The van der Waals surface area contributed by atoms with Gasteiger partial charge in [0.25, 0.3) is 5.69 Å². The summed E-state index contributed by atoms with van der Waals surface area (Å²) in [6.07, 6.45) is 1.93. The van der Waals surface area contributed by atoms with E-state index >= 15 is 0 Å². The predicted molar refractivity (Wildman–Crippen MR) is 78.6 cm³/mol. The summed E-state index contributed by atoms with van der Waals surface area (Å²) in [6, 6.07) is 6.87. The molecule has 2 atom stereocenters. The number of nitrogens with one attached hydrogen (secondary N) is 1. The monoisotopic (exact) mass is 275 g/mol. The van der Waals surface area contributed by atoms with Gasteiger partial charge >= 0.3 is 0 Å². The van der Waals surface area contributed by atoms with E-state index in [4.69, 9.17) is 0 Å². The van der Waals surface area contributed by atoms with E-state index in [0.717, 1.165) is 24.9 Å². The SMILES string of the molecule is CCCNC(C)C(CC)c1ccc([N+](=O)[O-])cc1C#N. The van der Waals surface area contributed by atoms with Crippen LogP contribution >= 0.6 is 0 Å². The molecule has 0 aliphatic carbocycles. The maximum absolute atomic E-state index is 10.8. The quantitative estimate of drug-likeness (QED) is 0.611. The maximum atomic E-state index is 10.8. The maximum Gasteiger partial charge on any atom is 0.270 e. The zero-order chi connectivity index (χ0) is 15.1. The van der Waals surface area contributed by atoms with Gasteiger partial charge in [-0.1, -0.05) is 19.9 Å². The Balaban J connectivity index is 3.09. The first-order valence-corrected chi connectivity index (χ1v) is 6.96. The number of non-ortho nitro benzene ring substituents is 1. The van der Waals surface area contributed by atoms with Crippen LogP contribution in [0.15, 0.2) is 18.2 Å². The molecule has 20 heavy (non-hydrogen) atoms. The van der Waals surface area contributed by atoms with E-state index in [1.807, 2.05) is 0 Å². The number of hydrogen-bond acceptors (Lipinski definition) is 4. The number of rotatable bonds is 7. The first kappa shape index (κ1) is 16.1. The van der Waals surface area contributed by atoms with E-state index in [1.165, 1.54) is 12.1 Å². The van der Waals surface area contributed by atoms with Crippen LogP contribution in [-0.4, -0.2) is 17.5 Å². The standard InChI is InChI=1S/C15H21N3O2/c1-4-8-17-11(3)14(5-2)15-7-6-13(18(19)20)9-12(15)10-16/h6-7,9,11,14,17H,4-5,8H2,1-3H3. The fourth-order valence-corrected chi connectivity index (χ4v) is 2.44. The molecule has 0 heterocycles. The van der Waals surface area contributed by atoms with E-state index in [2.05, 4.69) is 32.2 Å². The lowest BCUT2D eigenvalue weighted by atomic mass is 9.87. The molecule has 1 aromatic carbocycles. The van der Waals surface area contributed by atoms with Crippen LogP contribution in [0.2, 0.25) is 0 Å². The number of nitro benzene ring substituents is 1. The highest BCUT2D eigenvalue weighted by molar-refractivity contribution is 5.48. The van der Waals surface area contributed by atoms with Crippen molar-refractivity contribution in [1.29, 1.82) is 5.26 Å². The summed E-state index contributed by atoms with van der Waals surface area (Å²) in [5, 5.41) is 23.4. The average Bonchev–Trinajstić information content (AvgIpc) is 2.45. The van der Waals surface area contributed by atoms with Crippen molar-refractivity contribution in [2.45, 2.75) is 45.6 Å². The molecule has 0 aliphatic heterocycles. The lowest BCUT2D eigenvalue weighted by Gasteiger charge is -2.25. The van der Waals surface area contributed by atoms with Gasteiger partial charge in [0.15, 0.2) is 0 Å². The van der Waals surface area contributed by atoms with Crippen molar-refractivity contribution in [2.24, 2.45) is 0 Å². The van der Waals surface area contributed by atoms with Crippen molar-refractivity contribution >= 4 is 5.69 Å². The molecule has 0 saturated heterocycles. The third-order valence-corrected chi connectivity index (χ3v) is 3.53. The van der Waals surface area contributed by atoms with Crippen molar-refractivity contribution < 1.29 is 4.92 Å². The summed E-state index contributed by atoms with van der Waals surface area (Å²) in [5.41, 5.74) is 1.25. The van der Waals surface area contributed by atoms with Gasteiger partial charge in [-0.25, -0.2) is 0 Å². The Morgan fingerprint density at radius 2 is 2.15 bits per heavy atom. The van der Waals surface area contributed by atoms with Gasteiger partial charge < -0.3 is 5.32 Å². The summed E-state index contributed by atoms with van der Waals surface area (Å²) >= 11 is 0. The fourth-order valence-electron chi connectivity index (χ4n) is 2.44. The van der Waals surface area contributed by atoms with Crippen LogP contribution in [0.1, 0.15) is 50.7 Å². The minimum Gasteiger partial charge on any atom is -0.314 e. The Bertz CT molecular complexity index is 508. The minimum absolute atomic E-state index is 0.0330. The Morgan fingerprint density at radius 1 is 1.45 bits per heavy atom. The van der Waals surface area contributed by atoms with Crippen LogP contribution in [0.5, 0.6) is 0 Å². The molecule has 1 N–H and O–H groups in total. The summed E-state index contributed by atoms with van der Waals surface area (Å²) < 4.78 is 0. The zero-order valence-corrected chi connectivity index (χ0v) is 12.2. The molecule has 0 spiro atoms. The van der Waals surface area contributed by atoms with Gasteiger partial charge in [0.1, 0.15) is 0 Å². The number of hydrogen-bond donors (Lipinski definition) is 1. The van der Waals surface area contributed by atoms with E-state index in [-0.39, 0.29) is 17.6 Å². The molecular weight excluding hydrogens is 254 g/mol. The molecule has 0 aromatic heterocycles. The summed E-state index contributed by atoms with van der Waals surface area (Å²) in [6.45, 7) is 7.18. The number of nitriles is 1. The molecular formula is C15H21N3O2. The molecule has 1 rings (SSSR count). The van der Waals surface area contributed by atoms with Gasteiger partial charge in [-0.3, -0.25) is 10.1 Å². The first-order valence-electron chi connectivity index (χ1n) is 6.96. The first-order chi connectivity index (χ1) is 9.54. The highest BCUT2D eigenvalue weighted by Crippen LogP contribution is 2.29. The molecule has 2 unspecified atom stereocenters. The average molecular weight is 275 g/mol. The summed E-state index contributed by atoms with van der Waals surface area (Å²) in [5.74, 6) is 0.178. The highest BCUT2D eigenvalue weighted by atomic mass is 16.6. The van der Waals surface area contributed by atoms with E-state index in [1.54, 1.807) is 6.07 Å². The number of nitrogens with zero attached hydrogens (tertiary/aromatic N) is 2.